The van der Waals surface area contributed by atoms with E-state index in [2.05, 4.69) is 5.32 Å². The van der Waals surface area contributed by atoms with Crippen molar-refractivity contribution < 1.29 is 32.3 Å². The van der Waals surface area contributed by atoms with Crippen molar-refractivity contribution in [2.75, 3.05) is 12.3 Å². The lowest BCUT2D eigenvalue weighted by molar-refractivity contribution is -0.163. The van der Waals surface area contributed by atoms with Gasteiger partial charge in [-0.05, 0) is 64.8 Å². The fourth-order valence-electron chi connectivity index (χ4n) is 3.92. The van der Waals surface area contributed by atoms with Gasteiger partial charge in [0.25, 0.3) is 5.91 Å². The minimum Gasteiger partial charge on any atom is -0.458 e. The highest BCUT2D eigenvalue weighted by Gasteiger charge is 2.38. The molecule has 0 saturated carbocycles. The maximum atomic E-state index is 13.1. The minimum absolute atomic E-state index is 0.133. The molecule has 37 heavy (non-hydrogen) atoms. The van der Waals surface area contributed by atoms with E-state index in [1.165, 1.54) is 17.9 Å². The molecule has 1 fully saturated rings. The van der Waals surface area contributed by atoms with Gasteiger partial charge in [-0.25, -0.2) is 18.4 Å². The van der Waals surface area contributed by atoms with E-state index in [0.717, 1.165) is 6.07 Å². The lowest BCUT2D eigenvalue weighted by atomic mass is 10.1. The SMILES string of the molecule is C[C@H](NC(=O)c1cc(N)c(Oc2ccccc2)c(S(N)(=O)=O)c1)C(=O)N1CCC[C@H]1C(=O)OC(C)(C)C. The summed E-state index contributed by atoms with van der Waals surface area (Å²) in [5.74, 6) is -1.62. The van der Waals surface area contributed by atoms with E-state index in [1.807, 2.05) is 0 Å². The summed E-state index contributed by atoms with van der Waals surface area (Å²) < 4.78 is 35.6. The molecule has 200 valence electrons. The van der Waals surface area contributed by atoms with Crippen molar-refractivity contribution >= 4 is 33.5 Å². The topological polar surface area (TPSA) is 171 Å². The number of hydrogen-bond acceptors (Lipinski definition) is 8. The predicted octanol–water partition coefficient (Wildman–Crippen LogP) is 2.16. The van der Waals surface area contributed by atoms with Crippen LogP contribution >= 0.6 is 0 Å². The van der Waals surface area contributed by atoms with E-state index in [9.17, 15) is 22.8 Å². The summed E-state index contributed by atoms with van der Waals surface area (Å²) in [5, 5.41) is 7.91. The van der Waals surface area contributed by atoms with E-state index >= 15 is 0 Å². The predicted molar refractivity (Wildman–Crippen MR) is 136 cm³/mol. The number of benzene rings is 2. The first-order chi connectivity index (χ1) is 17.2. The highest BCUT2D eigenvalue weighted by molar-refractivity contribution is 7.89. The summed E-state index contributed by atoms with van der Waals surface area (Å²) in [6, 6.07) is 8.85. The van der Waals surface area contributed by atoms with Crippen molar-refractivity contribution in [3.05, 3.63) is 48.0 Å². The molecule has 11 nitrogen and oxygen atoms in total. The maximum Gasteiger partial charge on any atom is 0.329 e. The Morgan fingerprint density at radius 2 is 1.78 bits per heavy atom. The molecule has 0 spiro atoms. The number of nitrogens with two attached hydrogens (primary N) is 2. The molecule has 3 rings (SSSR count). The largest absolute Gasteiger partial charge is 0.458 e. The smallest absolute Gasteiger partial charge is 0.329 e. The fourth-order valence-corrected chi connectivity index (χ4v) is 4.63. The van der Waals surface area contributed by atoms with Crippen LogP contribution in [0.2, 0.25) is 0 Å². The molecule has 1 aliphatic heterocycles. The number of nitrogens with one attached hydrogen (secondary N) is 1. The molecule has 1 heterocycles. The highest BCUT2D eigenvalue weighted by Crippen LogP contribution is 2.35. The van der Waals surface area contributed by atoms with E-state index in [0.29, 0.717) is 25.1 Å². The molecule has 0 bridgehead atoms. The number of esters is 1. The quantitative estimate of drug-likeness (QED) is 0.360. The number of ether oxygens (including phenoxy) is 2. The second-order valence-electron chi connectivity index (χ2n) is 9.77. The minimum atomic E-state index is -4.33. The molecule has 1 saturated heterocycles. The molecule has 2 aromatic rings. The number of primary sulfonamides is 1. The van der Waals surface area contributed by atoms with Gasteiger partial charge < -0.3 is 25.4 Å². The zero-order chi connectivity index (χ0) is 27.5. The number of carbonyl (C=O) groups is 3. The third-order valence-corrected chi connectivity index (χ3v) is 6.46. The number of para-hydroxylation sites is 1. The van der Waals surface area contributed by atoms with Gasteiger partial charge in [0.2, 0.25) is 15.9 Å². The van der Waals surface area contributed by atoms with Crippen molar-refractivity contribution in [2.24, 2.45) is 5.14 Å². The Hall–Kier alpha value is -3.64. The fraction of sp³-hybridized carbons (Fsp3) is 0.400. The summed E-state index contributed by atoms with van der Waals surface area (Å²) in [5.41, 5.74) is 5.07. The second kappa shape index (κ2) is 10.8. The van der Waals surface area contributed by atoms with Crippen LogP contribution in [0.15, 0.2) is 47.4 Å². The molecule has 1 aliphatic rings. The second-order valence-corrected chi connectivity index (χ2v) is 11.3. The molecule has 0 unspecified atom stereocenters. The number of carbonyl (C=O) groups excluding carboxylic acids is 3. The van der Waals surface area contributed by atoms with Gasteiger partial charge in [-0.1, -0.05) is 18.2 Å². The molecule has 0 aliphatic carbocycles. The van der Waals surface area contributed by atoms with Crippen molar-refractivity contribution in [3.63, 3.8) is 0 Å². The third-order valence-electron chi connectivity index (χ3n) is 5.55. The monoisotopic (exact) mass is 532 g/mol. The number of sulfonamides is 1. The van der Waals surface area contributed by atoms with Crippen molar-refractivity contribution in [2.45, 2.75) is 63.1 Å². The Balaban J connectivity index is 1.80. The first kappa shape index (κ1) is 27.9. The van der Waals surface area contributed by atoms with Gasteiger partial charge in [0, 0.05) is 12.1 Å². The zero-order valence-electron chi connectivity index (χ0n) is 21.2. The summed E-state index contributed by atoms with van der Waals surface area (Å²) >= 11 is 0. The summed E-state index contributed by atoms with van der Waals surface area (Å²) in [7, 11) is -4.33. The molecule has 2 aromatic carbocycles. The van der Waals surface area contributed by atoms with Crippen molar-refractivity contribution in [1.29, 1.82) is 0 Å². The van der Waals surface area contributed by atoms with Gasteiger partial charge in [0.1, 0.15) is 28.3 Å². The lowest BCUT2D eigenvalue weighted by Gasteiger charge is -2.29. The van der Waals surface area contributed by atoms with Crippen LogP contribution in [0.25, 0.3) is 0 Å². The van der Waals surface area contributed by atoms with Crippen LogP contribution < -0.4 is 20.9 Å². The molecular weight excluding hydrogens is 500 g/mol. The molecular formula is C25H32N4O7S. The van der Waals surface area contributed by atoms with Crippen molar-refractivity contribution in [3.8, 4) is 11.5 Å². The molecule has 12 heteroatoms. The van der Waals surface area contributed by atoms with Gasteiger partial charge in [-0.15, -0.1) is 0 Å². The molecule has 0 aromatic heterocycles. The van der Waals surface area contributed by atoms with Gasteiger partial charge in [-0.3, -0.25) is 9.59 Å². The summed E-state index contributed by atoms with van der Waals surface area (Å²) in [6.45, 7) is 7.05. The van der Waals surface area contributed by atoms with Crippen LogP contribution in [0.1, 0.15) is 50.9 Å². The third kappa shape index (κ3) is 6.98. The van der Waals surface area contributed by atoms with Crippen LogP contribution in [0.3, 0.4) is 0 Å². The average Bonchev–Trinajstić information content (AvgIpc) is 3.28. The zero-order valence-corrected chi connectivity index (χ0v) is 22.0. The summed E-state index contributed by atoms with van der Waals surface area (Å²) in [4.78, 5) is 39.5. The average molecular weight is 533 g/mol. The molecule has 0 radical (unpaired) electrons. The van der Waals surface area contributed by atoms with Crippen LogP contribution in [-0.2, 0) is 24.3 Å². The Kier molecular flexibility index (Phi) is 8.13. The van der Waals surface area contributed by atoms with Crippen LogP contribution in [-0.4, -0.2) is 55.3 Å². The van der Waals surface area contributed by atoms with E-state index in [4.69, 9.17) is 20.3 Å². The number of amides is 2. The van der Waals surface area contributed by atoms with Gasteiger partial charge in [0.05, 0.1) is 5.69 Å². The highest BCUT2D eigenvalue weighted by atomic mass is 32.2. The molecule has 2 atom stereocenters. The van der Waals surface area contributed by atoms with Gasteiger partial charge in [0.15, 0.2) is 5.75 Å². The molecule has 2 amide bonds. The Morgan fingerprint density at radius 3 is 2.38 bits per heavy atom. The summed E-state index contributed by atoms with van der Waals surface area (Å²) in [6.07, 6.45) is 1.08. The first-order valence-electron chi connectivity index (χ1n) is 11.7. The number of nitrogens with zero attached hydrogens (tertiary/aromatic N) is 1. The van der Waals surface area contributed by atoms with E-state index in [1.54, 1.807) is 51.1 Å². The first-order valence-corrected chi connectivity index (χ1v) is 13.3. The number of hydrogen-bond donors (Lipinski definition) is 3. The molecule has 5 N–H and O–H groups in total. The van der Waals surface area contributed by atoms with Gasteiger partial charge in [-0.2, -0.15) is 0 Å². The number of nitrogen functional groups attached to an aromatic ring is 1. The Morgan fingerprint density at radius 1 is 1.14 bits per heavy atom. The number of likely N-dealkylation sites (tertiary alicyclic amines) is 1. The normalized spacial score (nSPS) is 16.7. The van der Waals surface area contributed by atoms with Crippen LogP contribution in [0.4, 0.5) is 5.69 Å². The van der Waals surface area contributed by atoms with Crippen LogP contribution in [0.5, 0.6) is 11.5 Å². The standard InChI is InChI=1S/C25H32N4O7S/c1-15(23(31)29-12-8-11-19(29)24(32)36-25(2,3)4)28-22(30)16-13-18(26)21(20(14-16)37(27,33)34)35-17-9-6-5-7-10-17/h5-7,9-10,13-15,19H,8,11-12,26H2,1-4H3,(H,28,30)(H2,27,33,34)/t15-,19-/m0/s1. The van der Waals surface area contributed by atoms with Crippen molar-refractivity contribution in [1.82, 2.24) is 10.2 Å². The van der Waals surface area contributed by atoms with E-state index < -0.39 is 50.4 Å². The lowest BCUT2D eigenvalue weighted by Crippen LogP contribution is -2.51. The Labute approximate surface area is 216 Å². The van der Waals surface area contributed by atoms with E-state index in [-0.39, 0.29) is 17.0 Å². The number of rotatable bonds is 7. The van der Waals surface area contributed by atoms with Gasteiger partial charge >= 0.3 is 5.97 Å². The number of anilines is 1. The maximum absolute atomic E-state index is 13.1. The van der Waals surface area contributed by atoms with Crippen LogP contribution in [0, 0.1) is 0 Å². The Bertz CT molecular complexity index is 1290.